The lowest BCUT2D eigenvalue weighted by molar-refractivity contribution is -0.152. The SMILES string of the molecule is C#CCN(C(=O)CCl)[C@@H](CCCCNC(=O)OCc1ccccc1)C(=O)OC. The number of nitrogens with zero attached hydrogens (tertiary/aromatic N) is 1. The third-order valence-electron chi connectivity index (χ3n) is 3.93. The third kappa shape index (κ3) is 8.31. The number of alkyl carbamates (subject to hydrolysis) is 1. The maximum absolute atomic E-state index is 12.0. The Labute approximate surface area is 170 Å². The number of halogens is 1. The standard InChI is InChI=1S/C20H25ClN2O5/c1-3-13-23(18(24)14-21)17(19(25)27-2)11-7-8-12-22-20(26)28-15-16-9-5-4-6-10-16/h1,4-6,9-10,17H,7-8,11-15H2,2H3,(H,22,26)/t17-/m0/s1. The van der Waals surface area contributed by atoms with Crippen LogP contribution in [0.5, 0.6) is 0 Å². The molecule has 0 fully saturated rings. The van der Waals surface area contributed by atoms with Gasteiger partial charge in [0.25, 0.3) is 0 Å². The zero-order valence-corrected chi connectivity index (χ0v) is 16.6. The summed E-state index contributed by atoms with van der Waals surface area (Å²) in [6.07, 6.45) is 6.27. The van der Waals surface area contributed by atoms with Crippen molar-refractivity contribution >= 4 is 29.6 Å². The number of amides is 2. The number of esters is 1. The Morgan fingerprint density at radius 3 is 2.57 bits per heavy atom. The Bertz CT molecular complexity index is 675. The molecular formula is C20H25ClN2O5. The highest BCUT2D eigenvalue weighted by atomic mass is 35.5. The summed E-state index contributed by atoms with van der Waals surface area (Å²) in [5.74, 6) is 1.09. The molecule has 1 rings (SSSR count). The van der Waals surface area contributed by atoms with Crippen molar-refractivity contribution in [3.63, 3.8) is 0 Å². The van der Waals surface area contributed by atoms with Gasteiger partial charge in [-0.2, -0.15) is 0 Å². The Balaban J connectivity index is 2.39. The van der Waals surface area contributed by atoms with E-state index in [4.69, 9.17) is 27.5 Å². The number of unbranched alkanes of at least 4 members (excludes halogenated alkanes) is 1. The van der Waals surface area contributed by atoms with Gasteiger partial charge < -0.3 is 19.7 Å². The molecule has 0 unspecified atom stereocenters. The van der Waals surface area contributed by atoms with Gasteiger partial charge in [0, 0.05) is 6.54 Å². The van der Waals surface area contributed by atoms with E-state index in [-0.39, 0.29) is 19.0 Å². The van der Waals surface area contributed by atoms with Gasteiger partial charge in [0.05, 0.1) is 13.7 Å². The van der Waals surface area contributed by atoms with Gasteiger partial charge in [-0.1, -0.05) is 36.3 Å². The minimum Gasteiger partial charge on any atom is -0.467 e. The number of carbonyl (C=O) groups is 3. The molecule has 0 aliphatic heterocycles. The van der Waals surface area contributed by atoms with Crippen molar-refractivity contribution in [3.8, 4) is 12.3 Å². The molecule has 1 aromatic carbocycles. The van der Waals surface area contributed by atoms with Crippen LogP contribution in [0, 0.1) is 12.3 Å². The number of ether oxygens (including phenoxy) is 2. The molecular weight excluding hydrogens is 384 g/mol. The average Bonchev–Trinajstić information content (AvgIpc) is 2.73. The molecule has 1 atom stereocenters. The molecule has 1 N–H and O–H groups in total. The number of rotatable bonds is 11. The van der Waals surface area contributed by atoms with Gasteiger partial charge in [-0.3, -0.25) is 4.79 Å². The van der Waals surface area contributed by atoms with Crippen LogP contribution in [-0.4, -0.2) is 55.0 Å². The number of alkyl halides is 1. The second-order valence-corrected chi connectivity index (χ2v) is 6.15. The molecule has 0 heterocycles. The maximum atomic E-state index is 12.0. The van der Waals surface area contributed by atoms with Gasteiger partial charge in [0.1, 0.15) is 18.5 Å². The Morgan fingerprint density at radius 1 is 1.25 bits per heavy atom. The normalized spacial score (nSPS) is 11.0. The predicted octanol–water partition coefficient (Wildman–Crippen LogP) is 2.33. The molecule has 0 radical (unpaired) electrons. The molecule has 7 nitrogen and oxygen atoms in total. The quantitative estimate of drug-likeness (QED) is 0.263. The first-order chi connectivity index (χ1) is 13.5. The lowest BCUT2D eigenvalue weighted by atomic mass is 10.1. The summed E-state index contributed by atoms with van der Waals surface area (Å²) in [7, 11) is 1.25. The van der Waals surface area contributed by atoms with Crippen molar-refractivity contribution < 1.29 is 23.9 Å². The van der Waals surface area contributed by atoms with E-state index in [1.165, 1.54) is 12.0 Å². The number of carbonyl (C=O) groups excluding carboxylic acids is 3. The molecule has 152 valence electrons. The second-order valence-electron chi connectivity index (χ2n) is 5.88. The second kappa shape index (κ2) is 13.4. The van der Waals surface area contributed by atoms with Crippen LogP contribution in [-0.2, 0) is 25.7 Å². The largest absolute Gasteiger partial charge is 0.467 e. The van der Waals surface area contributed by atoms with E-state index in [0.717, 1.165) is 5.56 Å². The highest BCUT2D eigenvalue weighted by Gasteiger charge is 2.29. The van der Waals surface area contributed by atoms with Crippen LogP contribution in [0.3, 0.4) is 0 Å². The summed E-state index contributed by atoms with van der Waals surface area (Å²) < 4.78 is 9.88. The molecule has 0 aliphatic carbocycles. The van der Waals surface area contributed by atoms with Gasteiger partial charge >= 0.3 is 12.1 Å². The van der Waals surface area contributed by atoms with E-state index in [1.807, 2.05) is 30.3 Å². The summed E-state index contributed by atoms with van der Waals surface area (Å²) in [5.41, 5.74) is 0.899. The van der Waals surface area contributed by atoms with Crippen LogP contribution in [0.25, 0.3) is 0 Å². The van der Waals surface area contributed by atoms with E-state index in [2.05, 4.69) is 11.2 Å². The van der Waals surface area contributed by atoms with Gasteiger partial charge in [-0.05, 0) is 24.8 Å². The smallest absolute Gasteiger partial charge is 0.407 e. The number of hydrogen-bond donors (Lipinski definition) is 1. The van der Waals surface area contributed by atoms with Crippen LogP contribution in [0.2, 0.25) is 0 Å². The van der Waals surface area contributed by atoms with Crippen LogP contribution in [0.4, 0.5) is 4.79 Å². The third-order valence-corrected chi connectivity index (χ3v) is 4.16. The molecule has 0 saturated carbocycles. The number of nitrogens with one attached hydrogen (secondary N) is 1. The number of terminal acetylenes is 1. The van der Waals surface area contributed by atoms with Crippen molar-refractivity contribution in [2.45, 2.75) is 31.9 Å². The summed E-state index contributed by atoms with van der Waals surface area (Å²) in [5, 5.41) is 2.65. The first-order valence-electron chi connectivity index (χ1n) is 8.84. The minimum atomic E-state index is -0.808. The Hall–Kier alpha value is -2.72. The van der Waals surface area contributed by atoms with E-state index in [9.17, 15) is 14.4 Å². The fraction of sp³-hybridized carbons (Fsp3) is 0.450. The molecule has 0 aliphatic rings. The van der Waals surface area contributed by atoms with Crippen molar-refractivity contribution in [3.05, 3.63) is 35.9 Å². The molecule has 0 aromatic heterocycles. The van der Waals surface area contributed by atoms with Gasteiger partial charge in [-0.15, -0.1) is 18.0 Å². The topological polar surface area (TPSA) is 84.9 Å². The Morgan fingerprint density at radius 2 is 1.96 bits per heavy atom. The highest BCUT2D eigenvalue weighted by Crippen LogP contribution is 2.12. The molecule has 2 amide bonds. The Kier molecular flexibility index (Phi) is 11.2. The van der Waals surface area contributed by atoms with E-state index >= 15 is 0 Å². The van der Waals surface area contributed by atoms with Crippen molar-refractivity contribution in [2.24, 2.45) is 0 Å². The average molecular weight is 409 g/mol. The number of hydrogen-bond acceptors (Lipinski definition) is 5. The number of methoxy groups -OCH3 is 1. The molecule has 8 heteroatoms. The molecule has 0 saturated heterocycles. The van der Waals surface area contributed by atoms with E-state index in [1.54, 1.807) is 0 Å². The van der Waals surface area contributed by atoms with Crippen molar-refractivity contribution in [2.75, 3.05) is 26.1 Å². The molecule has 0 bridgehead atoms. The molecule has 28 heavy (non-hydrogen) atoms. The van der Waals surface area contributed by atoms with E-state index in [0.29, 0.717) is 25.8 Å². The summed E-state index contributed by atoms with van der Waals surface area (Å²) in [6, 6.07) is 8.54. The van der Waals surface area contributed by atoms with Gasteiger partial charge in [-0.25, -0.2) is 9.59 Å². The van der Waals surface area contributed by atoms with Crippen molar-refractivity contribution in [1.82, 2.24) is 10.2 Å². The molecule has 1 aromatic rings. The lowest BCUT2D eigenvalue weighted by Crippen LogP contribution is -2.46. The fourth-order valence-electron chi connectivity index (χ4n) is 2.51. The lowest BCUT2D eigenvalue weighted by Gasteiger charge is -2.27. The number of benzene rings is 1. The fourth-order valence-corrected chi connectivity index (χ4v) is 2.67. The summed E-state index contributed by atoms with van der Waals surface area (Å²) in [6.45, 7) is 0.536. The maximum Gasteiger partial charge on any atom is 0.407 e. The summed E-state index contributed by atoms with van der Waals surface area (Å²) >= 11 is 5.59. The summed E-state index contributed by atoms with van der Waals surface area (Å²) in [4.78, 5) is 36.9. The highest BCUT2D eigenvalue weighted by molar-refractivity contribution is 6.27. The molecule has 0 spiro atoms. The van der Waals surface area contributed by atoms with Gasteiger partial charge in [0.2, 0.25) is 5.91 Å². The zero-order chi connectivity index (χ0) is 20.8. The van der Waals surface area contributed by atoms with Gasteiger partial charge in [0.15, 0.2) is 0 Å². The first kappa shape index (κ1) is 23.3. The van der Waals surface area contributed by atoms with Crippen molar-refractivity contribution in [1.29, 1.82) is 0 Å². The van der Waals surface area contributed by atoms with Crippen LogP contribution in [0.15, 0.2) is 30.3 Å². The minimum absolute atomic E-state index is 0.0324. The zero-order valence-electron chi connectivity index (χ0n) is 15.9. The van der Waals surface area contributed by atoms with Crippen LogP contribution >= 0.6 is 11.6 Å². The van der Waals surface area contributed by atoms with E-state index < -0.39 is 24.0 Å². The predicted molar refractivity (Wildman–Crippen MR) is 106 cm³/mol. The first-order valence-corrected chi connectivity index (χ1v) is 9.38. The van der Waals surface area contributed by atoms with Crippen LogP contribution in [0.1, 0.15) is 24.8 Å². The van der Waals surface area contributed by atoms with Crippen LogP contribution < -0.4 is 5.32 Å². The monoisotopic (exact) mass is 408 g/mol.